The smallest absolute Gasteiger partial charge is 0.293 e. The van der Waals surface area contributed by atoms with E-state index in [1.165, 1.54) is 44.2 Å². The van der Waals surface area contributed by atoms with Gasteiger partial charge in [-0.15, -0.1) is 0 Å². The fourth-order valence-corrected chi connectivity index (χ4v) is 3.24. The lowest BCUT2D eigenvalue weighted by Gasteiger charge is -2.31. The minimum atomic E-state index is -0.668. The molecule has 24 heavy (non-hydrogen) atoms. The molecule has 1 saturated carbocycles. The number of amides is 1. The number of nitrogens with one attached hydrogen (secondary N) is 1. The molecule has 0 heterocycles. The van der Waals surface area contributed by atoms with E-state index in [-0.39, 0.29) is 11.3 Å². The van der Waals surface area contributed by atoms with Crippen molar-refractivity contribution in [2.75, 3.05) is 25.5 Å². The molecular formula is C17H26N4O3. The zero-order chi connectivity index (χ0) is 17.5. The second-order valence-electron chi connectivity index (χ2n) is 6.41. The topological polar surface area (TPSA) is 102 Å². The van der Waals surface area contributed by atoms with Gasteiger partial charge in [-0.2, -0.15) is 0 Å². The van der Waals surface area contributed by atoms with Crippen LogP contribution in [-0.2, 0) is 0 Å². The van der Waals surface area contributed by atoms with Crippen LogP contribution < -0.4 is 11.1 Å². The van der Waals surface area contributed by atoms with E-state index >= 15 is 0 Å². The van der Waals surface area contributed by atoms with Gasteiger partial charge in [-0.05, 0) is 45.0 Å². The van der Waals surface area contributed by atoms with Gasteiger partial charge in [-0.1, -0.05) is 19.3 Å². The number of nitro benzene ring substituents is 1. The van der Waals surface area contributed by atoms with Crippen LogP contribution >= 0.6 is 0 Å². The summed E-state index contributed by atoms with van der Waals surface area (Å²) in [6.07, 6.45) is 7.41. The van der Waals surface area contributed by atoms with Gasteiger partial charge in [0, 0.05) is 24.2 Å². The highest BCUT2D eigenvalue weighted by Gasteiger charge is 2.18. The molecule has 1 amide bonds. The molecule has 0 spiro atoms. The Morgan fingerprint density at radius 1 is 1.38 bits per heavy atom. The highest BCUT2D eigenvalue weighted by molar-refractivity contribution is 5.94. The van der Waals surface area contributed by atoms with Gasteiger partial charge in [0.25, 0.3) is 5.69 Å². The molecule has 0 unspecified atom stereocenters. The highest BCUT2D eigenvalue weighted by atomic mass is 16.6. The van der Waals surface area contributed by atoms with Crippen molar-refractivity contribution < 1.29 is 9.72 Å². The molecule has 132 valence electrons. The average molecular weight is 334 g/mol. The third-order valence-corrected chi connectivity index (χ3v) is 4.68. The maximum atomic E-state index is 11.1. The molecule has 0 saturated heterocycles. The van der Waals surface area contributed by atoms with Crippen LogP contribution in [0.15, 0.2) is 18.2 Å². The molecule has 0 bridgehead atoms. The quantitative estimate of drug-likeness (QED) is 0.432. The van der Waals surface area contributed by atoms with Gasteiger partial charge in [0.15, 0.2) is 0 Å². The summed E-state index contributed by atoms with van der Waals surface area (Å²) in [4.78, 5) is 24.2. The van der Waals surface area contributed by atoms with E-state index in [2.05, 4.69) is 17.3 Å². The predicted molar refractivity (Wildman–Crippen MR) is 94.2 cm³/mol. The molecule has 2 rings (SSSR count). The summed E-state index contributed by atoms with van der Waals surface area (Å²) in [6.45, 7) is 1.61. The molecule has 1 aliphatic rings. The van der Waals surface area contributed by atoms with E-state index in [1.54, 1.807) is 6.07 Å². The van der Waals surface area contributed by atoms with Gasteiger partial charge in [0.05, 0.1) is 4.92 Å². The van der Waals surface area contributed by atoms with Gasteiger partial charge in [0.1, 0.15) is 5.69 Å². The van der Waals surface area contributed by atoms with Gasteiger partial charge in [0.2, 0.25) is 5.91 Å². The molecular weight excluding hydrogens is 308 g/mol. The lowest BCUT2D eigenvalue weighted by atomic mass is 9.94. The lowest BCUT2D eigenvalue weighted by Crippen LogP contribution is -2.34. The number of nitrogens with two attached hydrogens (primary N) is 1. The van der Waals surface area contributed by atoms with E-state index < -0.39 is 10.8 Å². The number of nitrogens with zero attached hydrogens (tertiary/aromatic N) is 2. The number of carbonyl (C=O) groups is 1. The Bertz CT molecular complexity index is 585. The summed E-state index contributed by atoms with van der Waals surface area (Å²) in [5, 5.41) is 14.2. The molecule has 0 radical (unpaired) electrons. The predicted octanol–water partition coefficient (Wildman–Crippen LogP) is 2.76. The molecule has 7 nitrogen and oxygen atoms in total. The molecule has 1 fully saturated rings. The maximum Gasteiger partial charge on any atom is 0.293 e. The normalized spacial score (nSPS) is 15.4. The summed E-state index contributed by atoms with van der Waals surface area (Å²) in [5.74, 6) is -0.668. The number of hydrogen-bond acceptors (Lipinski definition) is 5. The zero-order valence-electron chi connectivity index (χ0n) is 14.2. The van der Waals surface area contributed by atoms with Crippen molar-refractivity contribution in [2.45, 2.75) is 44.6 Å². The fourth-order valence-electron chi connectivity index (χ4n) is 3.24. The van der Waals surface area contributed by atoms with Gasteiger partial charge < -0.3 is 16.0 Å². The van der Waals surface area contributed by atoms with Crippen LogP contribution in [0.2, 0.25) is 0 Å². The largest absolute Gasteiger partial charge is 0.379 e. The number of nitro groups is 1. The third kappa shape index (κ3) is 4.92. The Morgan fingerprint density at radius 3 is 2.71 bits per heavy atom. The molecule has 7 heteroatoms. The summed E-state index contributed by atoms with van der Waals surface area (Å²) in [7, 11) is 2.15. The number of primary amides is 1. The van der Waals surface area contributed by atoms with E-state index in [1.807, 2.05) is 0 Å². The van der Waals surface area contributed by atoms with Crippen molar-refractivity contribution in [3.8, 4) is 0 Å². The third-order valence-electron chi connectivity index (χ3n) is 4.68. The van der Waals surface area contributed by atoms with E-state index in [0.29, 0.717) is 18.3 Å². The Kier molecular flexibility index (Phi) is 6.54. The van der Waals surface area contributed by atoms with Gasteiger partial charge in [-0.3, -0.25) is 14.9 Å². The Morgan fingerprint density at radius 2 is 2.08 bits per heavy atom. The minimum absolute atomic E-state index is 0.119. The fraction of sp³-hybridized carbons (Fsp3) is 0.588. The number of carbonyl (C=O) groups excluding carboxylic acids is 1. The van der Waals surface area contributed by atoms with E-state index in [9.17, 15) is 14.9 Å². The lowest BCUT2D eigenvalue weighted by molar-refractivity contribution is -0.384. The molecule has 0 aromatic heterocycles. The van der Waals surface area contributed by atoms with Crippen LogP contribution in [0.4, 0.5) is 11.4 Å². The van der Waals surface area contributed by atoms with Crippen LogP contribution in [0.3, 0.4) is 0 Å². The Labute approximate surface area is 142 Å². The zero-order valence-corrected chi connectivity index (χ0v) is 14.2. The molecule has 3 N–H and O–H groups in total. The standard InChI is InChI=1S/C17H26N4O3/c1-20(14-6-3-2-4-7-14)11-5-10-19-15-9-8-13(17(18)22)12-16(15)21(23)24/h8-9,12,14,19H,2-7,10-11H2,1H3,(H2,18,22). The Balaban J connectivity index is 1.85. The van der Waals surface area contributed by atoms with Crippen LogP contribution in [0.1, 0.15) is 48.9 Å². The average Bonchev–Trinajstić information content (AvgIpc) is 2.59. The first kappa shape index (κ1) is 18.2. The van der Waals surface area contributed by atoms with E-state index in [0.717, 1.165) is 13.0 Å². The first-order valence-corrected chi connectivity index (χ1v) is 8.51. The van der Waals surface area contributed by atoms with Gasteiger partial charge in [-0.25, -0.2) is 0 Å². The molecule has 1 aromatic rings. The summed E-state index contributed by atoms with van der Waals surface area (Å²) in [5.41, 5.74) is 5.62. The van der Waals surface area contributed by atoms with Crippen molar-refractivity contribution in [3.05, 3.63) is 33.9 Å². The monoisotopic (exact) mass is 334 g/mol. The summed E-state index contributed by atoms with van der Waals surface area (Å²) in [6, 6.07) is 4.94. The second kappa shape index (κ2) is 8.63. The van der Waals surface area contributed by atoms with Crippen molar-refractivity contribution >= 4 is 17.3 Å². The van der Waals surface area contributed by atoms with Gasteiger partial charge >= 0.3 is 0 Å². The highest BCUT2D eigenvalue weighted by Crippen LogP contribution is 2.25. The Hall–Kier alpha value is -2.15. The molecule has 1 aliphatic carbocycles. The first-order valence-electron chi connectivity index (χ1n) is 8.51. The number of anilines is 1. The van der Waals surface area contributed by atoms with Crippen molar-refractivity contribution in [1.82, 2.24) is 4.90 Å². The second-order valence-corrected chi connectivity index (χ2v) is 6.41. The summed E-state index contributed by atoms with van der Waals surface area (Å²) < 4.78 is 0. The molecule has 0 aliphatic heterocycles. The maximum absolute atomic E-state index is 11.1. The van der Waals surface area contributed by atoms with Crippen molar-refractivity contribution in [1.29, 1.82) is 0 Å². The van der Waals surface area contributed by atoms with Crippen LogP contribution in [0.25, 0.3) is 0 Å². The van der Waals surface area contributed by atoms with Crippen LogP contribution in [0.5, 0.6) is 0 Å². The van der Waals surface area contributed by atoms with E-state index in [4.69, 9.17) is 5.73 Å². The SMILES string of the molecule is CN(CCCNc1ccc(C(N)=O)cc1[N+](=O)[O-])C1CCCCC1. The number of benzene rings is 1. The minimum Gasteiger partial charge on any atom is -0.379 e. The first-order chi connectivity index (χ1) is 11.5. The summed E-state index contributed by atoms with van der Waals surface area (Å²) >= 11 is 0. The van der Waals surface area contributed by atoms with Crippen LogP contribution in [-0.4, -0.2) is 41.9 Å². The number of hydrogen-bond donors (Lipinski definition) is 2. The van der Waals surface area contributed by atoms with Crippen LogP contribution in [0, 0.1) is 10.1 Å². The van der Waals surface area contributed by atoms with Crippen molar-refractivity contribution in [3.63, 3.8) is 0 Å². The molecule has 1 aromatic carbocycles. The molecule has 0 atom stereocenters. The number of rotatable bonds is 8. The van der Waals surface area contributed by atoms with Crippen molar-refractivity contribution in [2.24, 2.45) is 5.73 Å².